The second kappa shape index (κ2) is 9.56. The van der Waals surface area contributed by atoms with Crippen LogP contribution in [0.25, 0.3) is 0 Å². The van der Waals surface area contributed by atoms with Gasteiger partial charge in [-0.25, -0.2) is 8.42 Å². The van der Waals surface area contributed by atoms with Crippen molar-refractivity contribution in [2.45, 2.75) is 25.2 Å². The van der Waals surface area contributed by atoms with E-state index in [4.69, 9.17) is 5.73 Å². The molecule has 0 heterocycles. The van der Waals surface area contributed by atoms with Crippen molar-refractivity contribution in [3.63, 3.8) is 0 Å². The topological polar surface area (TPSA) is 101 Å². The number of nitrogens with one attached hydrogen (secondary N) is 2. The standard InChI is InChI=1S/C18H23N3O3S.ClH/c1-13-4-7-15(8-5-13)21-25(23,24)16-9-6-14(2)17(12-16)18(22)20-11-3-10-19;/h4-9,12,21H,3,10-11,19H2,1-2H3,(H,20,22);1H. The number of rotatable bonds is 7. The van der Waals surface area contributed by atoms with Crippen LogP contribution in [0.15, 0.2) is 47.4 Å². The first-order chi connectivity index (χ1) is 11.8. The summed E-state index contributed by atoms with van der Waals surface area (Å²) in [6, 6.07) is 11.5. The molecule has 0 saturated carbocycles. The van der Waals surface area contributed by atoms with Crippen molar-refractivity contribution < 1.29 is 13.2 Å². The van der Waals surface area contributed by atoms with Gasteiger partial charge in [0.25, 0.3) is 15.9 Å². The summed E-state index contributed by atoms with van der Waals surface area (Å²) in [7, 11) is -3.77. The molecule has 0 saturated heterocycles. The number of aryl methyl sites for hydroxylation is 2. The summed E-state index contributed by atoms with van der Waals surface area (Å²) >= 11 is 0. The fraction of sp³-hybridized carbons (Fsp3) is 0.278. The summed E-state index contributed by atoms with van der Waals surface area (Å²) in [6.07, 6.45) is 0.664. The third-order valence-corrected chi connectivity index (χ3v) is 5.11. The summed E-state index contributed by atoms with van der Waals surface area (Å²) in [5.74, 6) is -0.307. The number of halogens is 1. The average Bonchev–Trinajstić information content (AvgIpc) is 2.57. The summed E-state index contributed by atoms with van der Waals surface area (Å²) in [5, 5.41) is 2.74. The lowest BCUT2D eigenvalue weighted by atomic mass is 10.1. The molecule has 142 valence electrons. The molecule has 0 fully saturated rings. The van der Waals surface area contributed by atoms with E-state index in [2.05, 4.69) is 10.0 Å². The van der Waals surface area contributed by atoms with E-state index in [1.807, 2.05) is 19.1 Å². The zero-order chi connectivity index (χ0) is 18.4. The number of anilines is 1. The Labute approximate surface area is 160 Å². The van der Waals surface area contributed by atoms with Crippen LogP contribution in [0.5, 0.6) is 0 Å². The Balaban J connectivity index is 0.00000338. The molecule has 1 amide bonds. The highest BCUT2D eigenvalue weighted by Gasteiger charge is 2.18. The molecule has 8 heteroatoms. The van der Waals surface area contributed by atoms with Gasteiger partial charge >= 0.3 is 0 Å². The Hall–Kier alpha value is -2.09. The first-order valence-electron chi connectivity index (χ1n) is 8.02. The minimum Gasteiger partial charge on any atom is -0.352 e. The number of benzene rings is 2. The molecule has 6 nitrogen and oxygen atoms in total. The minimum atomic E-state index is -3.77. The second-order valence-corrected chi connectivity index (χ2v) is 7.53. The Morgan fingerprint density at radius 3 is 2.35 bits per heavy atom. The highest BCUT2D eigenvalue weighted by atomic mass is 35.5. The molecule has 0 spiro atoms. The SMILES string of the molecule is Cc1ccc(NS(=O)(=O)c2ccc(C)c(C(=O)NCCCN)c2)cc1.Cl. The van der Waals surface area contributed by atoms with Crippen LogP contribution in [0, 0.1) is 13.8 Å². The molecule has 0 radical (unpaired) electrons. The van der Waals surface area contributed by atoms with Crippen molar-refractivity contribution >= 4 is 34.0 Å². The number of sulfonamides is 1. The van der Waals surface area contributed by atoms with Gasteiger partial charge in [0.1, 0.15) is 0 Å². The van der Waals surface area contributed by atoms with Gasteiger partial charge in [-0.3, -0.25) is 9.52 Å². The van der Waals surface area contributed by atoms with Gasteiger partial charge in [-0.2, -0.15) is 0 Å². The zero-order valence-electron chi connectivity index (χ0n) is 14.8. The summed E-state index contributed by atoms with van der Waals surface area (Å²) in [6.45, 7) is 4.62. The first kappa shape index (κ1) is 22.0. The van der Waals surface area contributed by atoms with Gasteiger partial charge in [-0.1, -0.05) is 23.8 Å². The van der Waals surface area contributed by atoms with E-state index in [9.17, 15) is 13.2 Å². The van der Waals surface area contributed by atoms with E-state index in [-0.39, 0.29) is 23.2 Å². The monoisotopic (exact) mass is 397 g/mol. The Morgan fingerprint density at radius 2 is 1.73 bits per heavy atom. The summed E-state index contributed by atoms with van der Waals surface area (Å²) in [5.41, 5.74) is 7.96. The Morgan fingerprint density at radius 1 is 1.08 bits per heavy atom. The van der Waals surface area contributed by atoms with Crippen LogP contribution in [0.1, 0.15) is 27.9 Å². The quantitative estimate of drug-likeness (QED) is 0.625. The second-order valence-electron chi connectivity index (χ2n) is 5.85. The smallest absolute Gasteiger partial charge is 0.261 e. The van der Waals surface area contributed by atoms with Crippen molar-refractivity contribution in [2.24, 2.45) is 5.73 Å². The molecule has 2 aromatic rings. The number of carbonyl (C=O) groups excluding carboxylic acids is 1. The molecular weight excluding hydrogens is 374 g/mol. The van der Waals surface area contributed by atoms with Gasteiger partial charge in [0, 0.05) is 17.8 Å². The van der Waals surface area contributed by atoms with Crippen LogP contribution in [-0.4, -0.2) is 27.4 Å². The van der Waals surface area contributed by atoms with E-state index in [0.29, 0.717) is 36.3 Å². The van der Waals surface area contributed by atoms with Gasteiger partial charge in [0.15, 0.2) is 0 Å². The lowest BCUT2D eigenvalue weighted by Crippen LogP contribution is -2.27. The van der Waals surface area contributed by atoms with Crippen LogP contribution < -0.4 is 15.8 Å². The molecule has 0 atom stereocenters. The largest absolute Gasteiger partial charge is 0.352 e. The van der Waals surface area contributed by atoms with Crippen LogP contribution in [0.4, 0.5) is 5.69 Å². The van der Waals surface area contributed by atoms with Crippen LogP contribution >= 0.6 is 12.4 Å². The zero-order valence-corrected chi connectivity index (χ0v) is 16.4. The molecule has 0 aliphatic heterocycles. The molecule has 0 aromatic heterocycles. The molecule has 26 heavy (non-hydrogen) atoms. The molecule has 4 N–H and O–H groups in total. The number of hydrogen-bond acceptors (Lipinski definition) is 4. The van der Waals surface area contributed by atoms with E-state index in [0.717, 1.165) is 5.56 Å². The van der Waals surface area contributed by atoms with E-state index in [1.54, 1.807) is 25.1 Å². The third kappa shape index (κ3) is 5.72. The van der Waals surface area contributed by atoms with Crippen LogP contribution in [0.3, 0.4) is 0 Å². The fourth-order valence-corrected chi connectivity index (χ4v) is 3.33. The van der Waals surface area contributed by atoms with Crippen molar-refractivity contribution in [3.8, 4) is 0 Å². The van der Waals surface area contributed by atoms with E-state index >= 15 is 0 Å². The lowest BCUT2D eigenvalue weighted by molar-refractivity contribution is 0.0952. The maximum Gasteiger partial charge on any atom is 0.261 e. The van der Waals surface area contributed by atoms with Gasteiger partial charge in [0.2, 0.25) is 0 Å². The van der Waals surface area contributed by atoms with Crippen LogP contribution in [0.2, 0.25) is 0 Å². The normalized spacial score (nSPS) is 10.7. The maximum atomic E-state index is 12.6. The highest BCUT2D eigenvalue weighted by Crippen LogP contribution is 2.19. The fourth-order valence-electron chi connectivity index (χ4n) is 2.25. The number of carbonyl (C=O) groups is 1. The molecule has 2 aromatic carbocycles. The van der Waals surface area contributed by atoms with Crippen molar-refractivity contribution in [2.75, 3.05) is 17.8 Å². The Kier molecular flexibility index (Phi) is 8.08. The summed E-state index contributed by atoms with van der Waals surface area (Å²) < 4.78 is 27.7. The average molecular weight is 398 g/mol. The molecule has 2 rings (SSSR count). The van der Waals surface area contributed by atoms with Crippen molar-refractivity contribution in [3.05, 3.63) is 59.2 Å². The number of amides is 1. The lowest BCUT2D eigenvalue weighted by Gasteiger charge is -2.12. The molecule has 0 aliphatic rings. The number of nitrogens with two attached hydrogens (primary N) is 1. The van der Waals surface area contributed by atoms with E-state index < -0.39 is 10.0 Å². The summed E-state index contributed by atoms with van der Waals surface area (Å²) in [4.78, 5) is 12.3. The highest BCUT2D eigenvalue weighted by molar-refractivity contribution is 7.92. The molecule has 0 bridgehead atoms. The van der Waals surface area contributed by atoms with Crippen LogP contribution in [-0.2, 0) is 10.0 Å². The molecular formula is C18H24ClN3O3S. The first-order valence-corrected chi connectivity index (χ1v) is 9.50. The molecule has 0 unspecified atom stereocenters. The number of hydrogen-bond donors (Lipinski definition) is 3. The predicted molar refractivity (Wildman–Crippen MR) is 106 cm³/mol. The van der Waals surface area contributed by atoms with E-state index in [1.165, 1.54) is 12.1 Å². The van der Waals surface area contributed by atoms with Crippen molar-refractivity contribution in [1.82, 2.24) is 5.32 Å². The Bertz CT molecular complexity index is 852. The van der Waals surface area contributed by atoms with Gasteiger partial charge in [-0.15, -0.1) is 12.4 Å². The maximum absolute atomic E-state index is 12.6. The van der Waals surface area contributed by atoms with Gasteiger partial charge in [-0.05, 0) is 56.6 Å². The molecule has 0 aliphatic carbocycles. The van der Waals surface area contributed by atoms with Gasteiger partial charge in [0.05, 0.1) is 4.90 Å². The van der Waals surface area contributed by atoms with Gasteiger partial charge < -0.3 is 11.1 Å². The predicted octanol–water partition coefficient (Wildman–Crippen LogP) is 2.60. The third-order valence-electron chi connectivity index (χ3n) is 3.73. The minimum absolute atomic E-state index is 0. The van der Waals surface area contributed by atoms with Crippen molar-refractivity contribution in [1.29, 1.82) is 0 Å².